The van der Waals surface area contributed by atoms with E-state index in [-0.39, 0.29) is 5.91 Å². The summed E-state index contributed by atoms with van der Waals surface area (Å²) < 4.78 is 5.57. The van der Waals surface area contributed by atoms with E-state index in [4.69, 9.17) is 4.74 Å². The molecule has 1 N–H and O–H groups in total. The zero-order valence-corrected chi connectivity index (χ0v) is 13.9. The SMILES string of the molecule is O=C(NCCOc1ccccc1)c1ccc(CN2CCCC2)cc1. The molecular weight excluding hydrogens is 300 g/mol. The lowest BCUT2D eigenvalue weighted by molar-refractivity contribution is 0.0947. The van der Waals surface area contributed by atoms with Crippen LogP contribution in [0.4, 0.5) is 0 Å². The Morgan fingerprint density at radius 1 is 1.00 bits per heavy atom. The van der Waals surface area contributed by atoms with Gasteiger partial charge in [-0.05, 0) is 55.8 Å². The average Bonchev–Trinajstić information content (AvgIpc) is 3.13. The van der Waals surface area contributed by atoms with Crippen molar-refractivity contribution in [2.75, 3.05) is 26.2 Å². The Morgan fingerprint density at radius 2 is 1.71 bits per heavy atom. The summed E-state index contributed by atoms with van der Waals surface area (Å²) in [6, 6.07) is 17.5. The van der Waals surface area contributed by atoms with Crippen molar-refractivity contribution in [3.8, 4) is 5.75 Å². The van der Waals surface area contributed by atoms with Gasteiger partial charge in [0.05, 0.1) is 6.54 Å². The van der Waals surface area contributed by atoms with E-state index in [1.807, 2.05) is 54.6 Å². The molecule has 2 aromatic rings. The monoisotopic (exact) mass is 324 g/mol. The fourth-order valence-electron chi connectivity index (χ4n) is 2.91. The largest absolute Gasteiger partial charge is 0.492 e. The van der Waals surface area contributed by atoms with Gasteiger partial charge < -0.3 is 10.1 Å². The minimum absolute atomic E-state index is 0.0561. The van der Waals surface area contributed by atoms with Crippen molar-refractivity contribution in [3.05, 3.63) is 65.7 Å². The first kappa shape index (κ1) is 16.5. The van der Waals surface area contributed by atoms with Gasteiger partial charge in [0.15, 0.2) is 0 Å². The molecule has 1 aliphatic rings. The fraction of sp³-hybridized carbons (Fsp3) is 0.350. The molecule has 3 rings (SSSR count). The first-order valence-corrected chi connectivity index (χ1v) is 8.58. The zero-order chi connectivity index (χ0) is 16.6. The highest BCUT2D eigenvalue weighted by atomic mass is 16.5. The minimum atomic E-state index is -0.0561. The molecule has 126 valence electrons. The van der Waals surface area contributed by atoms with Crippen LogP contribution < -0.4 is 10.1 Å². The number of likely N-dealkylation sites (tertiary alicyclic amines) is 1. The normalized spacial score (nSPS) is 14.5. The smallest absolute Gasteiger partial charge is 0.251 e. The molecule has 24 heavy (non-hydrogen) atoms. The number of carbonyl (C=O) groups excluding carboxylic acids is 1. The van der Waals surface area contributed by atoms with Crippen molar-refractivity contribution in [1.82, 2.24) is 10.2 Å². The van der Waals surface area contributed by atoms with Crippen LogP contribution in [-0.4, -0.2) is 37.0 Å². The molecule has 1 fully saturated rings. The molecular formula is C20H24N2O2. The van der Waals surface area contributed by atoms with Crippen molar-refractivity contribution in [3.63, 3.8) is 0 Å². The van der Waals surface area contributed by atoms with Crippen molar-refractivity contribution >= 4 is 5.91 Å². The molecule has 1 aliphatic heterocycles. The van der Waals surface area contributed by atoms with E-state index in [1.165, 1.54) is 31.5 Å². The summed E-state index contributed by atoms with van der Waals surface area (Å²) in [6.07, 6.45) is 2.59. The van der Waals surface area contributed by atoms with Crippen LogP contribution in [0.3, 0.4) is 0 Å². The quantitative estimate of drug-likeness (QED) is 0.796. The molecule has 0 aliphatic carbocycles. The number of ether oxygens (including phenoxy) is 1. The van der Waals surface area contributed by atoms with Gasteiger partial charge in [-0.25, -0.2) is 0 Å². The molecule has 0 aromatic heterocycles. The minimum Gasteiger partial charge on any atom is -0.492 e. The number of hydrogen-bond donors (Lipinski definition) is 1. The molecule has 2 aromatic carbocycles. The van der Waals surface area contributed by atoms with Gasteiger partial charge in [0, 0.05) is 12.1 Å². The Labute approximate surface area is 143 Å². The van der Waals surface area contributed by atoms with Crippen molar-refractivity contribution < 1.29 is 9.53 Å². The Balaban J connectivity index is 1.41. The predicted molar refractivity (Wildman–Crippen MR) is 95.2 cm³/mol. The third-order valence-electron chi connectivity index (χ3n) is 4.22. The molecule has 0 radical (unpaired) electrons. The van der Waals surface area contributed by atoms with Crippen molar-refractivity contribution in [2.24, 2.45) is 0 Å². The summed E-state index contributed by atoms with van der Waals surface area (Å²) in [6.45, 7) is 4.30. The second-order valence-corrected chi connectivity index (χ2v) is 6.10. The summed E-state index contributed by atoms with van der Waals surface area (Å²) in [5.41, 5.74) is 1.96. The van der Waals surface area contributed by atoms with Crippen molar-refractivity contribution in [1.29, 1.82) is 0 Å². The number of rotatable bonds is 7. The summed E-state index contributed by atoms with van der Waals surface area (Å²) in [5, 5.41) is 2.89. The predicted octanol–water partition coefficient (Wildman–Crippen LogP) is 3.09. The van der Waals surface area contributed by atoms with Crippen LogP contribution in [0.15, 0.2) is 54.6 Å². The van der Waals surface area contributed by atoms with Gasteiger partial charge in [-0.15, -0.1) is 0 Å². The number of hydrogen-bond acceptors (Lipinski definition) is 3. The van der Waals surface area contributed by atoms with Crippen LogP contribution >= 0.6 is 0 Å². The summed E-state index contributed by atoms with van der Waals surface area (Å²) in [5.74, 6) is 0.761. The average molecular weight is 324 g/mol. The first-order chi connectivity index (χ1) is 11.8. The number of benzene rings is 2. The molecule has 4 heteroatoms. The molecule has 0 atom stereocenters. The molecule has 1 heterocycles. The second-order valence-electron chi connectivity index (χ2n) is 6.10. The molecule has 1 amide bonds. The van der Waals surface area contributed by atoms with E-state index in [0.717, 1.165) is 12.3 Å². The third-order valence-corrected chi connectivity index (χ3v) is 4.22. The Bertz CT molecular complexity index is 634. The van der Waals surface area contributed by atoms with E-state index in [0.29, 0.717) is 18.7 Å². The lowest BCUT2D eigenvalue weighted by Gasteiger charge is -2.14. The third kappa shape index (κ3) is 4.83. The number of carbonyl (C=O) groups is 1. The maximum atomic E-state index is 12.1. The Hall–Kier alpha value is -2.33. The maximum absolute atomic E-state index is 12.1. The van der Waals surface area contributed by atoms with E-state index < -0.39 is 0 Å². The number of para-hydroxylation sites is 1. The van der Waals surface area contributed by atoms with Crippen LogP contribution in [0.25, 0.3) is 0 Å². The van der Waals surface area contributed by atoms with Crippen molar-refractivity contribution in [2.45, 2.75) is 19.4 Å². The summed E-state index contributed by atoms with van der Waals surface area (Å²) in [4.78, 5) is 14.6. The van der Waals surface area contributed by atoms with Crippen LogP contribution in [0.1, 0.15) is 28.8 Å². The van der Waals surface area contributed by atoms with E-state index in [9.17, 15) is 4.79 Å². The van der Waals surface area contributed by atoms with Gasteiger partial charge in [0.25, 0.3) is 5.91 Å². The Kier molecular flexibility index (Phi) is 5.85. The maximum Gasteiger partial charge on any atom is 0.251 e. The van der Waals surface area contributed by atoms with Gasteiger partial charge in [-0.2, -0.15) is 0 Å². The van der Waals surface area contributed by atoms with E-state index in [1.54, 1.807) is 0 Å². The molecule has 4 nitrogen and oxygen atoms in total. The highest BCUT2D eigenvalue weighted by Gasteiger charge is 2.12. The van der Waals surface area contributed by atoms with Gasteiger partial charge in [-0.3, -0.25) is 9.69 Å². The Morgan fingerprint density at radius 3 is 2.42 bits per heavy atom. The molecule has 0 unspecified atom stereocenters. The molecule has 0 bridgehead atoms. The fourth-order valence-corrected chi connectivity index (χ4v) is 2.91. The summed E-state index contributed by atoms with van der Waals surface area (Å²) in [7, 11) is 0. The number of nitrogens with zero attached hydrogens (tertiary/aromatic N) is 1. The topological polar surface area (TPSA) is 41.6 Å². The second kappa shape index (κ2) is 8.50. The van der Waals surface area contributed by atoms with Crippen LogP contribution in [0, 0.1) is 0 Å². The lowest BCUT2D eigenvalue weighted by atomic mass is 10.1. The zero-order valence-electron chi connectivity index (χ0n) is 13.9. The highest BCUT2D eigenvalue weighted by molar-refractivity contribution is 5.94. The lowest BCUT2D eigenvalue weighted by Crippen LogP contribution is -2.28. The molecule has 0 saturated carbocycles. The van der Waals surface area contributed by atoms with Gasteiger partial charge >= 0.3 is 0 Å². The number of nitrogens with one attached hydrogen (secondary N) is 1. The van der Waals surface area contributed by atoms with Gasteiger partial charge in [0.1, 0.15) is 12.4 Å². The molecule has 0 spiro atoms. The van der Waals surface area contributed by atoms with Crippen LogP contribution in [-0.2, 0) is 6.54 Å². The number of amides is 1. The summed E-state index contributed by atoms with van der Waals surface area (Å²) >= 11 is 0. The van der Waals surface area contributed by atoms with Crippen LogP contribution in [0.5, 0.6) is 5.75 Å². The van der Waals surface area contributed by atoms with Gasteiger partial charge in [-0.1, -0.05) is 30.3 Å². The molecule has 1 saturated heterocycles. The van der Waals surface area contributed by atoms with E-state index >= 15 is 0 Å². The van der Waals surface area contributed by atoms with Crippen LogP contribution in [0.2, 0.25) is 0 Å². The standard InChI is InChI=1S/C20H24N2O2/c23-20(21-12-15-24-19-6-2-1-3-7-19)18-10-8-17(9-11-18)16-22-13-4-5-14-22/h1-3,6-11H,4-5,12-16H2,(H,21,23). The first-order valence-electron chi connectivity index (χ1n) is 8.58. The van der Waals surface area contributed by atoms with E-state index in [2.05, 4.69) is 10.2 Å². The highest BCUT2D eigenvalue weighted by Crippen LogP contribution is 2.13. The van der Waals surface area contributed by atoms with Gasteiger partial charge in [0.2, 0.25) is 0 Å².